The molecule has 0 N–H and O–H groups in total. The van der Waals surface area contributed by atoms with Gasteiger partial charge in [0.2, 0.25) is 5.91 Å². The van der Waals surface area contributed by atoms with Gasteiger partial charge in [0.25, 0.3) is 0 Å². The molecule has 1 aromatic rings. The first-order valence-corrected chi connectivity index (χ1v) is 6.73. The van der Waals surface area contributed by atoms with Crippen LogP contribution < -0.4 is 0 Å². The average Bonchev–Trinajstić information content (AvgIpc) is 3.04. The zero-order chi connectivity index (χ0) is 14.2. The number of carbonyl (C=O) groups excluding carboxylic acids is 2. The second kappa shape index (κ2) is 5.11. The molecule has 1 saturated carbocycles. The molecule has 1 aromatic heterocycles. The average molecular weight is 260 g/mol. The van der Waals surface area contributed by atoms with E-state index in [4.69, 9.17) is 0 Å². The van der Waals surface area contributed by atoms with Gasteiger partial charge >= 0.3 is 0 Å². The lowest BCUT2D eigenvalue weighted by Gasteiger charge is -2.11. The second-order valence-corrected chi connectivity index (χ2v) is 5.51. The van der Waals surface area contributed by atoms with Crippen LogP contribution in [0.5, 0.6) is 0 Å². The monoisotopic (exact) mass is 260 g/mol. The van der Waals surface area contributed by atoms with E-state index in [1.165, 1.54) is 4.68 Å². The number of aromatic nitrogens is 2. The lowest BCUT2D eigenvalue weighted by atomic mass is 9.93. The van der Waals surface area contributed by atoms with Crippen LogP contribution in [0, 0.1) is 11.8 Å². The van der Waals surface area contributed by atoms with Crippen molar-refractivity contribution in [2.24, 2.45) is 11.8 Å². The molecule has 0 aliphatic heterocycles. The molecule has 0 amide bonds. The summed E-state index contributed by atoms with van der Waals surface area (Å²) in [5.41, 5.74) is 2.36. The summed E-state index contributed by atoms with van der Waals surface area (Å²) in [7, 11) is 0. The van der Waals surface area contributed by atoms with E-state index >= 15 is 0 Å². The maximum absolute atomic E-state index is 11.9. The first-order valence-electron chi connectivity index (χ1n) is 6.73. The van der Waals surface area contributed by atoms with Crippen LogP contribution >= 0.6 is 0 Å². The Morgan fingerprint density at radius 2 is 1.95 bits per heavy atom. The molecule has 0 unspecified atom stereocenters. The minimum atomic E-state index is 0.0629. The Balaban J connectivity index is 2.33. The van der Waals surface area contributed by atoms with Crippen molar-refractivity contribution in [1.29, 1.82) is 0 Å². The summed E-state index contributed by atoms with van der Waals surface area (Å²) in [6.07, 6.45) is 3.62. The first-order chi connectivity index (χ1) is 8.91. The molecule has 0 saturated heterocycles. The van der Waals surface area contributed by atoms with E-state index in [2.05, 4.69) is 5.10 Å². The Bertz CT molecular complexity index is 548. The van der Waals surface area contributed by atoms with Crippen molar-refractivity contribution >= 4 is 17.3 Å². The van der Waals surface area contributed by atoms with Crippen LogP contribution in [0.4, 0.5) is 0 Å². The minimum absolute atomic E-state index is 0.0629. The summed E-state index contributed by atoms with van der Waals surface area (Å²) in [4.78, 5) is 23.6. The van der Waals surface area contributed by atoms with Crippen molar-refractivity contribution in [3.05, 3.63) is 23.5 Å². The lowest BCUT2D eigenvalue weighted by Crippen LogP contribution is -2.13. The van der Waals surface area contributed by atoms with Gasteiger partial charge in [-0.25, -0.2) is 4.68 Å². The standard InChI is InChI=1S/C15H20N2O2/c1-9(2)14(11(4)18)10(3)13-7-8-17(16-13)15(19)12-5-6-12/h7-9,12H,5-6H2,1-4H3. The molecule has 4 heteroatoms. The molecule has 0 aromatic carbocycles. The third kappa shape index (κ3) is 2.83. The molecule has 2 rings (SSSR count). The highest BCUT2D eigenvalue weighted by Gasteiger charge is 2.31. The van der Waals surface area contributed by atoms with Crippen molar-refractivity contribution in [2.75, 3.05) is 0 Å². The molecular formula is C15H20N2O2. The molecule has 102 valence electrons. The van der Waals surface area contributed by atoms with E-state index in [1.807, 2.05) is 20.8 Å². The van der Waals surface area contributed by atoms with Gasteiger partial charge in [0.15, 0.2) is 5.78 Å². The fraction of sp³-hybridized carbons (Fsp3) is 0.533. The smallest absolute Gasteiger partial charge is 0.249 e. The van der Waals surface area contributed by atoms with Gasteiger partial charge in [-0.05, 0) is 44.2 Å². The Kier molecular flexibility index (Phi) is 3.69. The zero-order valence-electron chi connectivity index (χ0n) is 11.9. The predicted molar refractivity (Wildman–Crippen MR) is 73.7 cm³/mol. The Labute approximate surface area is 113 Å². The molecule has 1 aliphatic rings. The second-order valence-electron chi connectivity index (χ2n) is 5.51. The maximum Gasteiger partial charge on any atom is 0.249 e. The molecular weight excluding hydrogens is 240 g/mol. The SMILES string of the molecule is CC(=O)C(=C(C)c1ccn(C(=O)C2CC2)n1)C(C)C. The molecule has 0 bridgehead atoms. The van der Waals surface area contributed by atoms with E-state index in [9.17, 15) is 9.59 Å². The van der Waals surface area contributed by atoms with Crippen LogP contribution in [-0.2, 0) is 4.79 Å². The van der Waals surface area contributed by atoms with Gasteiger partial charge in [0.1, 0.15) is 0 Å². The largest absolute Gasteiger partial charge is 0.295 e. The lowest BCUT2D eigenvalue weighted by molar-refractivity contribution is -0.113. The Morgan fingerprint density at radius 3 is 2.42 bits per heavy atom. The van der Waals surface area contributed by atoms with E-state index in [0.717, 1.165) is 24.0 Å². The van der Waals surface area contributed by atoms with Crippen molar-refractivity contribution in [3.63, 3.8) is 0 Å². The molecule has 0 spiro atoms. The number of allylic oxidation sites excluding steroid dienone is 2. The highest BCUT2D eigenvalue weighted by Crippen LogP contribution is 2.31. The number of hydrogen-bond donors (Lipinski definition) is 0. The fourth-order valence-corrected chi connectivity index (χ4v) is 2.41. The van der Waals surface area contributed by atoms with Gasteiger partial charge in [-0.1, -0.05) is 13.8 Å². The number of rotatable bonds is 4. The van der Waals surface area contributed by atoms with Crippen LogP contribution in [0.15, 0.2) is 17.8 Å². The third-order valence-corrected chi connectivity index (χ3v) is 3.49. The van der Waals surface area contributed by atoms with Crippen molar-refractivity contribution in [1.82, 2.24) is 9.78 Å². The van der Waals surface area contributed by atoms with Gasteiger partial charge in [-0.15, -0.1) is 0 Å². The maximum atomic E-state index is 11.9. The van der Waals surface area contributed by atoms with Crippen molar-refractivity contribution in [3.8, 4) is 0 Å². The molecule has 0 radical (unpaired) electrons. The highest BCUT2D eigenvalue weighted by atomic mass is 16.2. The zero-order valence-corrected chi connectivity index (χ0v) is 11.9. The van der Waals surface area contributed by atoms with Crippen LogP contribution in [0.1, 0.15) is 51.0 Å². The Hall–Kier alpha value is -1.71. The van der Waals surface area contributed by atoms with E-state index < -0.39 is 0 Å². The number of ketones is 1. The molecule has 1 fully saturated rings. The first kappa shape index (κ1) is 13.7. The van der Waals surface area contributed by atoms with Crippen molar-refractivity contribution < 1.29 is 9.59 Å². The third-order valence-electron chi connectivity index (χ3n) is 3.49. The fourth-order valence-electron chi connectivity index (χ4n) is 2.41. The summed E-state index contributed by atoms with van der Waals surface area (Å²) >= 11 is 0. The van der Waals surface area contributed by atoms with Crippen LogP contribution in [0.25, 0.3) is 5.57 Å². The normalized spacial score (nSPS) is 16.5. The molecule has 1 aliphatic carbocycles. The number of carbonyl (C=O) groups is 2. The summed E-state index contributed by atoms with van der Waals surface area (Å²) in [5, 5.41) is 4.31. The summed E-state index contributed by atoms with van der Waals surface area (Å²) in [6.45, 7) is 7.45. The summed E-state index contributed by atoms with van der Waals surface area (Å²) < 4.78 is 1.41. The molecule has 0 atom stereocenters. The predicted octanol–water partition coefficient (Wildman–Crippen LogP) is 2.95. The number of hydrogen-bond acceptors (Lipinski definition) is 3. The van der Waals surface area contributed by atoms with Gasteiger partial charge < -0.3 is 0 Å². The van der Waals surface area contributed by atoms with Gasteiger partial charge in [0, 0.05) is 17.7 Å². The summed E-state index contributed by atoms with van der Waals surface area (Å²) in [5.74, 6) is 0.430. The molecule has 4 nitrogen and oxygen atoms in total. The van der Waals surface area contributed by atoms with Gasteiger partial charge in [-0.2, -0.15) is 5.10 Å². The van der Waals surface area contributed by atoms with E-state index in [1.54, 1.807) is 19.2 Å². The topological polar surface area (TPSA) is 52.0 Å². The van der Waals surface area contributed by atoms with Crippen LogP contribution in [0.3, 0.4) is 0 Å². The van der Waals surface area contributed by atoms with Crippen LogP contribution in [0.2, 0.25) is 0 Å². The van der Waals surface area contributed by atoms with Gasteiger partial charge in [-0.3, -0.25) is 9.59 Å². The summed E-state index contributed by atoms with van der Waals surface area (Å²) in [6, 6.07) is 1.81. The Morgan fingerprint density at radius 1 is 1.32 bits per heavy atom. The van der Waals surface area contributed by atoms with E-state index in [0.29, 0.717) is 5.69 Å². The number of nitrogens with zero attached hydrogens (tertiary/aromatic N) is 2. The highest BCUT2D eigenvalue weighted by molar-refractivity contribution is 6.00. The quantitative estimate of drug-likeness (QED) is 0.782. The van der Waals surface area contributed by atoms with E-state index in [-0.39, 0.29) is 23.5 Å². The molecule has 19 heavy (non-hydrogen) atoms. The molecule has 1 heterocycles. The minimum Gasteiger partial charge on any atom is -0.295 e. The van der Waals surface area contributed by atoms with Gasteiger partial charge in [0.05, 0.1) is 5.69 Å². The number of Topliss-reactive ketones (excluding diaryl/α,β-unsaturated/α-hetero) is 1. The van der Waals surface area contributed by atoms with Crippen LogP contribution in [-0.4, -0.2) is 21.5 Å². The van der Waals surface area contributed by atoms with Crippen molar-refractivity contribution in [2.45, 2.75) is 40.5 Å².